The van der Waals surface area contributed by atoms with Crippen molar-refractivity contribution in [2.24, 2.45) is 13.0 Å². The number of carboxylic acid groups (broad SMARTS) is 1. The first-order chi connectivity index (χ1) is 15.8. The van der Waals surface area contributed by atoms with Crippen molar-refractivity contribution in [2.75, 3.05) is 7.05 Å². The van der Waals surface area contributed by atoms with Gasteiger partial charge in [0.15, 0.2) is 0 Å². The van der Waals surface area contributed by atoms with Crippen LogP contribution in [0.15, 0.2) is 24.5 Å². The van der Waals surface area contributed by atoms with E-state index in [2.05, 4.69) is 23.9 Å². The number of aryl methyl sites for hydroxylation is 1. The molecule has 33 heavy (non-hydrogen) atoms. The Morgan fingerprint density at radius 2 is 2.00 bits per heavy atom. The summed E-state index contributed by atoms with van der Waals surface area (Å²) in [6.07, 6.45) is 7.51. The van der Waals surface area contributed by atoms with Gasteiger partial charge in [-0.2, -0.15) is 5.10 Å². The van der Waals surface area contributed by atoms with E-state index in [-0.39, 0.29) is 30.8 Å². The van der Waals surface area contributed by atoms with E-state index in [1.807, 2.05) is 12.1 Å². The minimum Gasteiger partial charge on any atom is -0.489 e. The number of aliphatic carboxylic acids is 1. The third-order valence-electron chi connectivity index (χ3n) is 6.46. The third kappa shape index (κ3) is 6.03. The van der Waals surface area contributed by atoms with Crippen LogP contribution >= 0.6 is 0 Å². The Kier molecular flexibility index (Phi) is 8.30. The van der Waals surface area contributed by atoms with Gasteiger partial charge >= 0.3 is 12.1 Å². The van der Waals surface area contributed by atoms with E-state index in [0.29, 0.717) is 24.3 Å². The Morgan fingerprint density at radius 1 is 1.24 bits per heavy atom. The van der Waals surface area contributed by atoms with Gasteiger partial charge in [-0.15, -0.1) is 0 Å². The van der Waals surface area contributed by atoms with Crippen LogP contribution in [0.2, 0.25) is 0 Å². The fourth-order valence-electron chi connectivity index (χ4n) is 4.34. The van der Waals surface area contributed by atoms with Crippen molar-refractivity contribution in [1.29, 1.82) is 0 Å². The minimum absolute atomic E-state index is 0.0910. The lowest BCUT2D eigenvalue weighted by molar-refractivity contribution is -0.143. The van der Waals surface area contributed by atoms with Gasteiger partial charge in [0.1, 0.15) is 12.4 Å². The van der Waals surface area contributed by atoms with Gasteiger partial charge in [0.25, 0.3) is 0 Å². The molecule has 3 rings (SSSR count). The summed E-state index contributed by atoms with van der Waals surface area (Å²) in [5, 5.41) is 13.6. The molecule has 2 heterocycles. The molecule has 1 amide bonds. The van der Waals surface area contributed by atoms with Crippen LogP contribution in [0.25, 0.3) is 11.3 Å². The van der Waals surface area contributed by atoms with Crippen LogP contribution in [0.3, 0.4) is 0 Å². The number of rotatable bonds is 9. The number of aromatic nitrogens is 3. The highest BCUT2D eigenvalue weighted by atomic mass is 16.6. The molecule has 1 N–H and O–H groups in total. The zero-order valence-electron chi connectivity index (χ0n) is 19.9. The van der Waals surface area contributed by atoms with Crippen molar-refractivity contribution in [3.05, 3.63) is 30.2 Å². The number of pyridine rings is 1. The van der Waals surface area contributed by atoms with Gasteiger partial charge < -0.3 is 19.5 Å². The summed E-state index contributed by atoms with van der Waals surface area (Å²) >= 11 is 0. The number of amides is 1. The molecule has 0 spiro atoms. The molecule has 1 aliphatic rings. The molecule has 0 unspecified atom stereocenters. The Morgan fingerprint density at radius 3 is 2.64 bits per heavy atom. The Labute approximate surface area is 194 Å². The Hall–Kier alpha value is -3.10. The maximum atomic E-state index is 12.5. The summed E-state index contributed by atoms with van der Waals surface area (Å²) in [7, 11) is 3.56. The molecule has 9 nitrogen and oxygen atoms in total. The van der Waals surface area contributed by atoms with Gasteiger partial charge in [-0.3, -0.25) is 14.5 Å². The number of nitrogens with zero attached hydrogens (tertiary/aromatic N) is 4. The average molecular weight is 459 g/mol. The Balaban J connectivity index is 1.65. The zero-order valence-corrected chi connectivity index (χ0v) is 19.9. The lowest BCUT2D eigenvalue weighted by atomic mass is 9.87. The molecule has 180 valence electrons. The van der Waals surface area contributed by atoms with Crippen molar-refractivity contribution in [3.63, 3.8) is 0 Å². The lowest BCUT2D eigenvalue weighted by Crippen LogP contribution is -2.36. The molecular weight excluding hydrogens is 424 g/mol. The fraction of sp³-hybridized carbons (Fsp3) is 0.583. The van der Waals surface area contributed by atoms with E-state index in [1.54, 1.807) is 36.1 Å². The summed E-state index contributed by atoms with van der Waals surface area (Å²) in [4.78, 5) is 29.9. The number of carboxylic acids is 1. The first-order valence-corrected chi connectivity index (χ1v) is 11.6. The highest BCUT2D eigenvalue weighted by Gasteiger charge is 2.28. The summed E-state index contributed by atoms with van der Waals surface area (Å²) < 4.78 is 13.2. The standard InChI is InChI=1S/C24H34N4O5/c1-5-17(6-2)27(3)24(31)32-15-22-20(14-26-28(22)4)21-11-10-19(13-25-21)33-18-9-7-8-16(12-18)23(29)30/h10-11,13-14,16-18H,5-9,12,15H2,1-4H3,(H,29,30)/t16-,18-/m0/s1. The molecule has 0 aliphatic heterocycles. The van der Waals surface area contributed by atoms with Crippen LogP contribution in [-0.4, -0.2) is 56.0 Å². The lowest BCUT2D eigenvalue weighted by Gasteiger charge is -2.27. The quantitative estimate of drug-likeness (QED) is 0.598. The predicted molar refractivity (Wildman–Crippen MR) is 123 cm³/mol. The summed E-state index contributed by atoms with van der Waals surface area (Å²) in [5.74, 6) is -0.494. The highest BCUT2D eigenvalue weighted by Crippen LogP contribution is 2.29. The van der Waals surface area contributed by atoms with E-state index in [1.165, 1.54) is 0 Å². The average Bonchev–Trinajstić information content (AvgIpc) is 3.19. The minimum atomic E-state index is -0.757. The second kappa shape index (κ2) is 11.2. The largest absolute Gasteiger partial charge is 0.489 e. The molecular formula is C24H34N4O5. The van der Waals surface area contributed by atoms with Crippen LogP contribution in [0.1, 0.15) is 58.1 Å². The number of carbonyl (C=O) groups excluding carboxylic acids is 1. The second-order valence-corrected chi connectivity index (χ2v) is 8.59. The first kappa shape index (κ1) is 24.5. The number of ether oxygens (including phenoxy) is 2. The van der Waals surface area contributed by atoms with Gasteiger partial charge in [0.2, 0.25) is 0 Å². The molecule has 9 heteroatoms. The van der Waals surface area contributed by atoms with Crippen molar-refractivity contribution in [1.82, 2.24) is 19.7 Å². The maximum absolute atomic E-state index is 12.5. The van der Waals surface area contributed by atoms with E-state index in [4.69, 9.17) is 9.47 Å². The van der Waals surface area contributed by atoms with Crippen molar-refractivity contribution in [2.45, 2.75) is 71.1 Å². The van der Waals surface area contributed by atoms with Crippen molar-refractivity contribution in [3.8, 4) is 17.0 Å². The number of hydrogen-bond donors (Lipinski definition) is 1. The number of carbonyl (C=O) groups is 2. The first-order valence-electron chi connectivity index (χ1n) is 11.6. The maximum Gasteiger partial charge on any atom is 0.410 e. The molecule has 0 radical (unpaired) electrons. The SMILES string of the molecule is CCC(CC)N(C)C(=O)OCc1c(-c2ccc(O[C@H]3CCC[C@H](C(=O)O)C3)cn2)cnn1C. The summed E-state index contributed by atoms with van der Waals surface area (Å²) in [5.41, 5.74) is 2.23. The van der Waals surface area contributed by atoms with E-state index in [9.17, 15) is 14.7 Å². The van der Waals surface area contributed by atoms with Crippen molar-refractivity contribution >= 4 is 12.1 Å². The summed E-state index contributed by atoms with van der Waals surface area (Å²) in [6, 6.07) is 3.81. The van der Waals surface area contributed by atoms with Gasteiger partial charge in [0.05, 0.1) is 35.8 Å². The molecule has 2 aromatic rings. The summed E-state index contributed by atoms with van der Waals surface area (Å²) in [6.45, 7) is 4.19. The molecule has 0 saturated heterocycles. The van der Waals surface area contributed by atoms with Crippen LogP contribution in [0.4, 0.5) is 4.79 Å². The van der Waals surface area contributed by atoms with Crippen molar-refractivity contribution < 1.29 is 24.2 Å². The van der Waals surface area contributed by atoms with E-state index < -0.39 is 5.97 Å². The van der Waals surface area contributed by atoms with Gasteiger partial charge in [-0.1, -0.05) is 13.8 Å². The van der Waals surface area contributed by atoms with Crippen LogP contribution in [-0.2, 0) is 23.2 Å². The zero-order chi connectivity index (χ0) is 24.0. The van der Waals surface area contributed by atoms with E-state index >= 15 is 0 Å². The molecule has 2 aromatic heterocycles. The second-order valence-electron chi connectivity index (χ2n) is 8.59. The monoisotopic (exact) mass is 458 g/mol. The fourth-order valence-corrected chi connectivity index (χ4v) is 4.34. The predicted octanol–water partition coefficient (Wildman–Crippen LogP) is 4.26. The molecule has 1 aliphatic carbocycles. The molecule has 2 atom stereocenters. The van der Waals surface area contributed by atoms with Gasteiger partial charge in [-0.25, -0.2) is 4.79 Å². The van der Waals surface area contributed by atoms with Crippen LogP contribution in [0, 0.1) is 5.92 Å². The normalized spacial score (nSPS) is 18.2. The van der Waals surface area contributed by atoms with Gasteiger partial charge in [-0.05, 0) is 50.7 Å². The molecule has 1 saturated carbocycles. The smallest absolute Gasteiger partial charge is 0.410 e. The highest BCUT2D eigenvalue weighted by molar-refractivity contribution is 5.70. The van der Waals surface area contributed by atoms with Gasteiger partial charge in [0, 0.05) is 25.7 Å². The molecule has 0 bridgehead atoms. The topological polar surface area (TPSA) is 107 Å². The molecule has 0 aromatic carbocycles. The van der Waals surface area contributed by atoms with Crippen LogP contribution < -0.4 is 4.74 Å². The van der Waals surface area contributed by atoms with Crippen LogP contribution in [0.5, 0.6) is 5.75 Å². The van der Waals surface area contributed by atoms with E-state index in [0.717, 1.165) is 36.9 Å². The Bertz CT molecular complexity index is 939. The third-order valence-corrected chi connectivity index (χ3v) is 6.46. The number of hydrogen-bond acceptors (Lipinski definition) is 6. The molecule has 1 fully saturated rings.